The van der Waals surface area contributed by atoms with E-state index in [0.717, 1.165) is 0 Å². The van der Waals surface area contributed by atoms with Crippen LogP contribution in [-0.2, 0) is 19.7 Å². The van der Waals surface area contributed by atoms with Crippen molar-refractivity contribution < 1.29 is 21.9 Å². The van der Waals surface area contributed by atoms with Gasteiger partial charge in [0, 0.05) is 12.1 Å². The number of hydrogen-bond donors (Lipinski definition) is 2. The summed E-state index contributed by atoms with van der Waals surface area (Å²) in [7, 11) is -6.15. The molecule has 2 aliphatic rings. The van der Waals surface area contributed by atoms with Crippen molar-refractivity contribution in [3.8, 4) is 0 Å². The van der Waals surface area contributed by atoms with E-state index in [9.17, 15) is 21.9 Å². The van der Waals surface area contributed by atoms with Crippen LogP contribution in [0, 0.1) is 0 Å². The average molecular weight is 269 g/mol. The lowest BCUT2D eigenvalue weighted by atomic mass is 10.1. The van der Waals surface area contributed by atoms with Crippen LogP contribution in [0.15, 0.2) is 0 Å². The van der Waals surface area contributed by atoms with Gasteiger partial charge in [-0.15, -0.1) is 0 Å². The number of aliphatic hydroxyl groups excluding tert-OH is 1. The largest absolute Gasteiger partial charge is 0.390 e. The van der Waals surface area contributed by atoms with Crippen LogP contribution in [0.25, 0.3) is 0 Å². The minimum Gasteiger partial charge on any atom is -0.390 e. The summed E-state index contributed by atoms with van der Waals surface area (Å²) in [5.41, 5.74) is 0. The molecule has 8 heteroatoms. The van der Waals surface area contributed by atoms with Gasteiger partial charge in [0.05, 0.1) is 29.1 Å². The fraction of sp³-hybridized carbons (Fsp3) is 1.00. The normalized spacial score (nSPS) is 41.2. The molecule has 2 N–H and O–H groups in total. The summed E-state index contributed by atoms with van der Waals surface area (Å²) in [6, 6.07) is -0.749. The summed E-state index contributed by atoms with van der Waals surface area (Å²) in [4.78, 5) is 0. The van der Waals surface area contributed by atoms with Crippen molar-refractivity contribution in [1.29, 1.82) is 0 Å². The van der Waals surface area contributed by atoms with Crippen molar-refractivity contribution in [2.75, 3.05) is 23.0 Å². The first-order chi connectivity index (χ1) is 7.27. The maximum Gasteiger partial charge on any atom is 0.154 e. The van der Waals surface area contributed by atoms with Crippen LogP contribution in [0.3, 0.4) is 0 Å². The van der Waals surface area contributed by atoms with Gasteiger partial charge >= 0.3 is 0 Å². The average Bonchev–Trinajstić information content (AvgIpc) is 2.53. The van der Waals surface area contributed by atoms with E-state index in [-0.39, 0.29) is 29.1 Å². The Kier molecular flexibility index (Phi) is 3.02. The highest BCUT2D eigenvalue weighted by Crippen LogP contribution is 2.17. The van der Waals surface area contributed by atoms with Crippen LogP contribution >= 0.6 is 0 Å². The molecule has 0 unspecified atom stereocenters. The van der Waals surface area contributed by atoms with Crippen LogP contribution < -0.4 is 5.32 Å². The highest BCUT2D eigenvalue weighted by molar-refractivity contribution is 7.92. The molecule has 2 saturated heterocycles. The first kappa shape index (κ1) is 12.3. The molecule has 0 bridgehead atoms. The zero-order valence-corrected chi connectivity index (χ0v) is 10.3. The van der Waals surface area contributed by atoms with E-state index >= 15 is 0 Å². The van der Waals surface area contributed by atoms with Crippen LogP contribution in [-0.4, -0.2) is 63.1 Å². The molecule has 2 heterocycles. The third kappa shape index (κ3) is 2.73. The third-order valence-corrected chi connectivity index (χ3v) is 6.49. The van der Waals surface area contributed by atoms with Gasteiger partial charge in [0.25, 0.3) is 0 Å². The van der Waals surface area contributed by atoms with Crippen molar-refractivity contribution in [2.45, 2.75) is 24.6 Å². The van der Waals surface area contributed by atoms with E-state index in [1.165, 1.54) is 0 Å². The molecule has 6 nitrogen and oxygen atoms in total. The van der Waals surface area contributed by atoms with E-state index in [2.05, 4.69) is 5.32 Å². The summed E-state index contributed by atoms with van der Waals surface area (Å²) in [5, 5.41) is 12.5. The Morgan fingerprint density at radius 3 is 2.12 bits per heavy atom. The zero-order valence-electron chi connectivity index (χ0n) is 8.66. The molecule has 2 fully saturated rings. The van der Waals surface area contributed by atoms with Gasteiger partial charge in [0.2, 0.25) is 0 Å². The first-order valence-electron chi connectivity index (χ1n) is 5.12. The quantitative estimate of drug-likeness (QED) is 0.597. The topological polar surface area (TPSA) is 101 Å². The summed E-state index contributed by atoms with van der Waals surface area (Å²) < 4.78 is 44.9. The predicted octanol–water partition coefficient (Wildman–Crippen LogP) is -2.08. The second kappa shape index (κ2) is 3.94. The number of aliphatic hydroxyl groups is 1. The smallest absolute Gasteiger partial charge is 0.154 e. The van der Waals surface area contributed by atoms with Crippen LogP contribution in [0.1, 0.15) is 6.42 Å². The Bertz CT molecular complexity index is 469. The van der Waals surface area contributed by atoms with Crippen molar-refractivity contribution in [3.63, 3.8) is 0 Å². The van der Waals surface area contributed by atoms with Crippen LogP contribution in [0.5, 0.6) is 0 Å². The van der Waals surface area contributed by atoms with E-state index in [4.69, 9.17) is 0 Å². The lowest BCUT2D eigenvalue weighted by Gasteiger charge is -2.19. The molecule has 0 aromatic carbocycles. The monoisotopic (exact) mass is 269 g/mol. The summed E-state index contributed by atoms with van der Waals surface area (Å²) in [5.74, 6) is -0.161. The number of hydrogen-bond acceptors (Lipinski definition) is 6. The lowest BCUT2D eigenvalue weighted by Crippen LogP contribution is -2.45. The molecule has 0 aromatic heterocycles. The van der Waals surface area contributed by atoms with Gasteiger partial charge in [0.15, 0.2) is 19.7 Å². The zero-order chi connectivity index (χ0) is 12.0. The molecule has 0 aromatic rings. The van der Waals surface area contributed by atoms with Gasteiger partial charge in [-0.3, -0.25) is 0 Å². The highest BCUT2D eigenvalue weighted by Gasteiger charge is 2.39. The molecular weight excluding hydrogens is 254 g/mol. The maximum absolute atomic E-state index is 11.2. The second-order valence-corrected chi connectivity index (χ2v) is 8.90. The fourth-order valence-corrected chi connectivity index (χ4v) is 5.66. The molecule has 16 heavy (non-hydrogen) atoms. The minimum absolute atomic E-state index is 0.0380. The SMILES string of the molecule is O=S1(=O)CC[C@H](N[C@@H]2CS(=O)(=O)C[C@@H]2O)C1. The third-order valence-electron chi connectivity index (χ3n) is 3.00. The Morgan fingerprint density at radius 2 is 1.69 bits per heavy atom. The molecule has 94 valence electrons. The number of rotatable bonds is 2. The van der Waals surface area contributed by atoms with E-state index < -0.39 is 31.8 Å². The molecule has 2 rings (SSSR count). The molecule has 0 amide bonds. The highest BCUT2D eigenvalue weighted by atomic mass is 32.2. The van der Waals surface area contributed by atoms with E-state index in [0.29, 0.717) is 6.42 Å². The summed E-state index contributed by atoms with van der Waals surface area (Å²) >= 11 is 0. The van der Waals surface area contributed by atoms with E-state index in [1.54, 1.807) is 0 Å². The van der Waals surface area contributed by atoms with Crippen molar-refractivity contribution in [3.05, 3.63) is 0 Å². The van der Waals surface area contributed by atoms with E-state index in [1.807, 2.05) is 0 Å². The Balaban J connectivity index is 1.97. The molecule has 0 radical (unpaired) electrons. The van der Waals surface area contributed by atoms with Crippen molar-refractivity contribution >= 4 is 19.7 Å². The second-order valence-electron chi connectivity index (χ2n) is 4.52. The van der Waals surface area contributed by atoms with Crippen LogP contribution in [0.4, 0.5) is 0 Å². The number of nitrogens with one attached hydrogen (secondary N) is 1. The molecular formula is C8H15NO5S2. The van der Waals surface area contributed by atoms with Crippen molar-refractivity contribution in [1.82, 2.24) is 5.32 Å². The van der Waals surface area contributed by atoms with Crippen LogP contribution in [0.2, 0.25) is 0 Å². The molecule has 2 aliphatic heterocycles. The molecule has 0 spiro atoms. The standard InChI is InChI=1S/C8H15NO5S2/c10-8-5-16(13,14)4-7(8)9-6-1-2-15(11,12)3-6/h6-10H,1-5H2/t6-,7+,8-/m0/s1. The van der Waals surface area contributed by atoms with Gasteiger partial charge in [-0.2, -0.15) is 0 Å². The van der Waals surface area contributed by atoms with Gasteiger partial charge in [-0.05, 0) is 6.42 Å². The Labute approximate surface area is 94.9 Å². The number of sulfone groups is 2. The fourth-order valence-electron chi connectivity index (χ4n) is 2.22. The van der Waals surface area contributed by atoms with Gasteiger partial charge < -0.3 is 10.4 Å². The molecule has 3 atom stereocenters. The Morgan fingerprint density at radius 1 is 1.00 bits per heavy atom. The molecule has 0 saturated carbocycles. The van der Waals surface area contributed by atoms with Gasteiger partial charge in [-0.1, -0.05) is 0 Å². The van der Waals surface area contributed by atoms with Gasteiger partial charge in [0.1, 0.15) is 0 Å². The van der Waals surface area contributed by atoms with Crippen molar-refractivity contribution in [2.24, 2.45) is 0 Å². The Hall–Kier alpha value is -0.180. The summed E-state index contributed by atoms with van der Waals surface area (Å²) in [6.45, 7) is 0. The maximum atomic E-state index is 11.2. The molecule has 0 aliphatic carbocycles. The summed E-state index contributed by atoms with van der Waals surface area (Å²) in [6.07, 6.45) is -0.431. The van der Waals surface area contributed by atoms with Gasteiger partial charge in [-0.25, -0.2) is 16.8 Å². The first-order valence-corrected chi connectivity index (χ1v) is 8.77. The lowest BCUT2D eigenvalue weighted by molar-refractivity contribution is 0.160. The minimum atomic E-state index is -3.18. The predicted molar refractivity (Wildman–Crippen MR) is 58.6 cm³/mol.